The molecule has 0 aromatic carbocycles. The van der Waals surface area contributed by atoms with Crippen LogP contribution in [0.2, 0.25) is 5.15 Å². The quantitative estimate of drug-likeness (QED) is 0.861. The molecule has 0 amide bonds. The molecule has 8 heteroatoms. The SMILES string of the molecule is O=S(=O)(Nc1ccc(Cl)nc1)c1ccc(Br)s1. The molecule has 0 aliphatic heterocycles. The van der Waals surface area contributed by atoms with Gasteiger partial charge in [0.15, 0.2) is 0 Å². The van der Waals surface area contributed by atoms with Crippen molar-refractivity contribution >= 4 is 54.6 Å². The predicted molar refractivity (Wildman–Crippen MR) is 72.1 cm³/mol. The van der Waals surface area contributed by atoms with E-state index >= 15 is 0 Å². The fourth-order valence-electron chi connectivity index (χ4n) is 1.08. The molecule has 0 bridgehead atoms. The van der Waals surface area contributed by atoms with Gasteiger partial charge >= 0.3 is 0 Å². The van der Waals surface area contributed by atoms with Gasteiger partial charge in [0.25, 0.3) is 10.0 Å². The molecular weight excluding hydrogens is 348 g/mol. The monoisotopic (exact) mass is 352 g/mol. The van der Waals surface area contributed by atoms with Gasteiger partial charge in [0.1, 0.15) is 9.36 Å². The van der Waals surface area contributed by atoms with Gasteiger partial charge in [0, 0.05) is 0 Å². The van der Waals surface area contributed by atoms with Crippen molar-refractivity contribution in [2.24, 2.45) is 0 Å². The number of rotatable bonds is 3. The molecule has 0 aliphatic rings. The van der Waals surface area contributed by atoms with E-state index in [9.17, 15) is 8.42 Å². The molecule has 4 nitrogen and oxygen atoms in total. The average molecular weight is 354 g/mol. The maximum absolute atomic E-state index is 11.9. The fraction of sp³-hybridized carbons (Fsp3) is 0. The van der Waals surface area contributed by atoms with Crippen molar-refractivity contribution in [1.82, 2.24) is 4.98 Å². The molecule has 2 rings (SSSR count). The number of thiophene rings is 1. The topological polar surface area (TPSA) is 59.1 Å². The Bertz CT molecular complexity index is 625. The van der Waals surface area contributed by atoms with Crippen molar-refractivity contribution in [3.8, 4) is 0 Å². The second kappa shape index (κ2) is 4.93. The highest BCUT2D eigenvalue weighted by Crippen LogP contribution is 2.27. The number of halogens is 2. The molecule has 0 fully saturated rings. The molecule has 17 heavy (non-hydrogen) atoms. The molecule has 0 spiro atoms. The zero-order valence-corrected chi connectivity index (χ0v) is 12.2. The molecule has 1 N–H and O–H groups in total. The van der Waals surface area contributed by atoms with E-state index in [0.29, 0.717) is 10.8 Å². The first-order chi connectivity index (χ1) is 7.97. The second-order valence-electron chi connectivity index (χ2n) is 3.03. The third-order valence-corrected chi connectivity index (χ3v) is 5.51. The van der Waals surface area contributed by atoms with Gasteiger partial charge in [-0.25, -0.2) is 13.4 Å². The normalized spacial score (nSPS) is 11.4. The van der Waals surface area contributed by atoms with Crippen LogP contribution in [0.25, 0.3) is 0 Å². The smallest absolute Gasteiger partial charge is 0.271 e. The van der Waals surface area contributed by atoms with E-state index in [1.54, 1.807) is 12.1 Å². The van der Waals surface area contributed by atoms with Gasteiger partial charge in [-0.2, -0.15) is 0 Å². The Hall–Kier alpha value is -0.630. The zero-order chi connectivity index (χ0) is 12.5. The van der Waals surface area contributed by atoms with Crippen LogP contribution in [0.3, 0.4) is 0 Å². The molecule has 2 aromatic heterocycles. The van der Waals surface area contributed by atoms with Crippen molar-refractivity contribution in [2.75, 3.05) is 4.72 Å². The van der Waals surface area contributed by atoms with E-state index in [1.165, 1.54) is 18.3 Å². The highest BCUT2D eigenvalue weighted by atomic mass is 79.9. The summed E-state index contributed by atoms with van der Waals surface area (Å²) in [7, 11) is -3.55. The first-order valence-corrected chi connectivity index (χ1v) is 7.84. The Morgan fingerprint density at radius 1 is 1.29 bits per heavy atom. The summed E-state index contributed by atoms with van der Waals surface area (Å²) < 4.78 is 27.2. The van der Waals surface area contributed by atoms with Crippen LogP contribution in [0.4, 0.5) is 5.69 Å². The van der Waals surface area contributed by atoms with Crippen molar-refractivity contribution in [3.05, 3.63) is 39.4 Å². The number of nitrogens with zero attached hydrogens (tertiary/aromatic N) is 1. The maximum Gasteiger partial charge on any atom is 0.271 e. The summed E-state index contributed by atoms with van der Waals surface area (Å²) >= 11 is 9.96. The fourth-order valence-corrected chi connectivity index (χ4v) is 4.25. The van der Waals surface area contributed by atoms with Gasteiger partial charge in [0.2, 0.25) is 0 Å². The number of nitrogens with one attached hydrogen (secondary N) is 1. The molecule has 0 saturated heterocycles. The van der Waals surface area contributed by atoms with Crippen molar-refractivity contribution in [1.29, 1.82) is 0 Å². The number of sulfonamides is 1. The summed E-state index contributed by atoms with van der Waals surface area (Å²) in [4.78, 5) is 3.79. The minimum absolute atomic E-state index is 0.235. The second-order valence-corrected chi connectivity index (χ2v) is 7.79. The van der Waals surface area contributed by atoms with Crippen LogP contribution < -0.4 is 4.72 Å². The number of hydrogen-bond donors (Lipinski definition) is 1. The molecule has 2 heterocycles. The van der Waals surface area contributed by atoms with Gasteiger partial charge in [-0.05, 0) is 40.2 Å². The molecule has 0 radical (unpaired) electrons. The van der Waals surface area contributed by atoms with Crippen LogP contribution in [0.1, 0.15) is 0 Å². The molecule has 0 aliphatic carbocycles. The van der Waals surface area contributed by atoms with Gasteiger partial charge < -0.3 is 0 Å². The Kier molecular flexibility index (Phi) is 3.72. The predicted octanol–water partition coefficient (Wildman–Crippen LogP) is 3.36. The highest BCUT2D eigenvalue weighted by molar-refractivity contribution is 9.11. The van der Waals surface area contributed by atoms with Crippen LogP contribution in [0.5, 0.6) is 0 Å². The highest BCUT2D eigenvalue weighted by Gasteiger charge is 2.16. The lowest BCUT2D eigenvalue weighted by Gasteiger charge is -2.05. The molecule has 2 aromatic rings. The Labute approximate surface area is 116 Å². The van der Waals surface area contributed by atoms with Gasteiger partial charge in [-0.3, -0.25) is 4.72 Å². The molecule has 90 valence electrons. The molecule has 0 unspecified atom stereocenters. The van der Waals surface area contributed by atoms with Gasteiger partial charge in [0.05, 0.1) is 15.7 Å². The summed E-state index contributed by atoms with van der Waals surface area (Å²) in [6.07, 6.45) is 1.36. The number of aromatic nitrogens is 1. The zero-order valence-electron chi connectivity index (χ0n) is 8.22. The first kappa shape index (κ1) is 12.8. The molecule has 0 atom stereocenters. The summed E-state index contributed by atoms with van der Waals surface area (Å²) in [5.41, 5.74) is 0.374. The molecular formula is C9H6BrClN2O2S2. The van der Waals surface area contributed by atoms with Crippen LogP contribution in [-0.2, 0) is 10.0 Å². The number of hydrogen-bond acceptors (Lipinski definition) is 4. The van der Waals surface area contributed by atoms with E-state index in [-0.39, 0.29) is 4.21 Å². The van der Waals surface area contributed by atoms with E-state index in [2.05, 4.69) is 25.6 Å². The van der Waals surface area contributed by atoms with Crippen LogP contribution in [0, 0.1) is 0 Å². The summed E-state index contributed by atoms with van der Waals surface area (Å²) in [5.74, 6) is 0. The largest absolute Gasteiger partial charge is 0.277 e. The summed E-state index contributed by atoms with van der Waals surface area (Å²) in [6.45, 7) is 0. The lowest BCUT2D eigenvalue weighted by atomic mass is 10.4. The lowest BCUT2D eigenvalue weighted by molar-refractivity contribution is 0.603. The standard InChI is InChI=1S/C9H6BrClN2O2S2/c10-7-2-4-9(16-7)17(14,15)13-6-1-3-8(11)12-5-6/h1-5,13H. The number of anilines is 1. The number of pyridine rings is 1. The third kappa shape index (κ3) is 3.19. The van der Waals surface area contributed by atoms with Crippen molar-refractivity contribution in [3.63, 3.8) is 0 Å². The lowest BCUT2D eigenvalue weighted by Crippen LogP contribution is -2.11. The van der Waals surface area contributed by atoms with E-state index in [4.69, 9.17) is 11.6 Å². The Balaban J connectivity index is 2.26. The van der Waals surface area contributed by atoms with Crippen LogP contribution in [-0.4, -0.2) is 13.4 Å². The van der Waals surface area contributed by atoms with E-state index < -0.39 is 10.0 Å². The summed E-state index contributed by atoms with van der Waals surface area (Å²) in [5, 5.41) is 0.312. The van der Waals surface area contributed by atoms with Crippen molar-refractivity contribution in [2.45, 2.75) is 4.21 Å². The minimum Gasteiger partial charge on any atom is -0.277 e. The van der Waals surface area contributed by atoms with Gasteiger partial charge in [-0.1, -0.05) is 11.6 Å². The Morgan fingerprint density at radius 3 is 2.59 bits per heavy atom. The minimum atomic E-state index is -3.55. The maximum atomic E-state index is 11.9. The van der Waals surface area contributed by atoms with Crippen molar-refractivity contribution < 1.29 is 8.42 Å². The summed E-state index contributed by atoms with van der Waals surface area (Å²) in [6, 6.07) is 6.28. The first-order valence-electron chi connectivity index (χ1n) is 4.37. The van der Waals surface area contributed by atoms with Crippen LogP contribution in [0.15, 0.2) is 38.5 Å². The Morgan fingerprint density at radius 2 is 2.06 bits per heavy atom. The average Bonchev–Trinajstić information content (AvgIpc) is 2.69. The van der Waals surface area contributed by atoms with Crippen LogP contribution >= 0.6 is 38.9 Å². The van der Waals surface area contributed by atoms with E-state index in [1.807, 2.05) is 0 Å². The van der Waals surface area contributed by atoms with E-state index in [0.717, 1.165) is 15.1 Å². The van der Waals surface area contributed by atoms with Gasteiger partial charge in [-0.15, -0.1) is 11.3 Å². The molecule has 0 saturated carbocycles. The third-order valence-electron chi connectivity index (χ3n) is 1.79.